The Morgan fingerprint density at radius 3 is 3.00 bits per heavy atom. The summed E-state index contributed by atoms with van der Waals surface area (Å²) in [4.78, 5) is 13.5. The van der Waals surface area contributed by atoms with Gasteiger partial charge in [0, 0.05) is 19.5 Å². The number of allylic oxidation sites excluding steroid dienone is 2. The van der Waals surface area contributed by atoms with E-state index < -0.39 is 0 Å². The second-order valence-corrected chi connectivity index (χ2v) is 3.82. The summed E-state index contributed by atoms with van der Waals surface area (Å²) in [5.74, 6) is 0.504. The van der Waals surface area contributed by atoms with E-state index in [4.69, 9.17) is 5.11 Å². The molecule has 0 aromatic heterocycles. The first-order chi connectivity index (χ1) is 7.27. The summed E-state index contributed by atoms with van der Waals surface area (Å²) < 4.78 is 0. The van der Waals surface area contributed by atoms with E-state index in [0.29, 0.717) is 25.4 Å². The zero-order chi connectivity index (χ0) is 11.1. The van der Waals surface area contributed by atoms with Gasteiger partial charge in [-0.15, -0.1) is 6.58 Å². The number of hydrogen-bond acceptors (Lipinski definition) is 2. The fourth-order valence-electron chi connectivity index (χ4n) is 1.81. The van der Waals surface area contributed by atoms with Gasteiger partial charge in [0.1, 0.15) is 0 Å². The lowest BCUT2D eigenvalue weighted by Crippen LogP contribution is -2.34. The van der Waals surface area contributed by atoms with Crippen molar-refractivity contribution < 1.29 is 9.90 Å². The smallest absolute Gasteiger partial charge is 0.223 e. The third kappa shape index (κ3) is 3.88. The van der Waals surface area contributed by atoms with Gasteiger partial charge in [-0.05, 0) is 18.8 Å². The lowest BCUT2D eigenvalue weighted by Gasteiger charge is -2.21. The van der Waals surface area contributed by atoms with E-state index in [2.05, 4.69) is 18.7 Å². The quantitative estimate of drug-likeness (QED) is 0.671. The zero-order valence-electron chi connectivity index (χ0n) is 9.06. The zero-order valence-corrected chi connectivity index (χ0v) is 9.06. The largest absolute Gasteiger partial charge is 0.395 e. The van der Waals surface area contributed by atoms with Crippen molar-refractivity contribution in [2.45, 2.75) is 19.3 Å². The number of aliphatic hydroxyl groups is 1. The van der Waals surface area contributed by atoms with Crippen LogP contribution in [-0.4, -0.2) is 35.6 Å². The first-order valence-electron chi connectivity index (χ1n) is 5.44. The van der Waals surface area contributed by atoms with Crippen LogP contribution in [0.5, 0.6) is 0 Å². The molecule has 0 saturated carbocycles. The van der Waals surface area contributed by atoms with Crippen molar-refractivity contribution in [3.63, 3.8) is 0 Å². The van der Waals surface area contributed by atoms with Crippen molar-refractivity contribution in [2.75, 3.05) is 19.7 Å². The molecule has 0 aromatic rings. The van der Waals surface area contributed by atoms with Crippen molar-refractivity contribution in [1.29, 1.82) is 0 Å². The van der Waals surface area contributed by atoms with E-state index in [9.17, 15) is 4.79 Å². The Bertz CT molecular complexity index is 248. The Kier molecular flexibility index (Phi) is 5.12. The molecule has 0 heterocycles. The van der Waals surface area contributed by atoms with Crippen LogP contribution in [0.4, 0.5) is 0 Å². The van der Waals surface area contributed by atoms with Gasteiger partial charge >= 0.3 is 0 Å². The number of nitrogens with zero attached hydrogens (tertiary/aromatic N) is 1. The molecule has 0 radical (unpaired) electrons. The van der Waals surface area contributed by atoms with Crippen LogP contribution in [0.15, 0.2) is 24.8 Å². The minimum atomic E-state index is 0.0140. The normalized spacial score (nSPS) is 19.1. The van der Waals surface area contributed by atoms with Gasteiger partial charge in [0.2, 0.25) is 5.91 Å². The first-order valence-corrected chi connectivity index (χ1v) is 5.44. The van der Waals surface area contributed by atoms with E-state index in [1.165, 1.54) is 0 Å². The molecule has 0 aromatic carbocycles. The molecule has 1 unspecified atom stereocenters. The summed E-state index contributed by atoms with van der Waals surface area (Å²) in [6.07, 6.45) is 8.65. The molecule has 3 heteroatoms. The Morgan fingerprint density at radius 1 is 1.67 bits per heavy atom. The van der Waals surface area contributed by atoms with Crippen molar-refractivity contribution in [2.24, 2.45) is 5.92 Å². The molecule has 15 heavy (non-hydrogen) atoms. The highest BCUT2D eigenvalue weighted by Gasteiger charge is 2.17. The van der Waals surface area contributed by atoms with E-state index in [1.807, 2.05) is 0 Å². The second-order valence-electron chi connectivity index (χ2n) is 3.82. The van der Waals surface area contributed by atoms with Crippen LogP contribution in [0, 0.1) is 5.92 Å². The lowest BCUT2D eigenvalue weighted by atomic mass is 10.0. The Balaban J connectivity index is 2.40. The SMILES string of the molecule is C=CCN(CCO)C(=O)CC1C=CCC1. The highest BCUT2D eigenvalue weighted by atomic mass is 16.3. The van der Waals surface area contributed by atoms with Crippen LogP contribution in [-0.2, 0) is 4.79 Å². The van der Waals surface area contributed by atoms with Crippen molar-refractivity contribution in [3.05, 3.63) is 24.8 Å². The number of carbonyl (C=O) groups excluding carboxylic acids is 1. The van der Waals surface area contributed by atoms with E-state index in [1.54, 1.807) is 11.0 Å². The maximum absolute atomic E-state index is 11.8. The molecule has 1 aliphatic rings. The molecule has 0 aliphatic heterocycles. The Morgan fingerprint density at radius 2 is 2.47 bits per heavy atom. The van der Waals surface area contributed by atoms with E-state index in [-0.39, 0.29) is 12.5 Å². The Hall–Kier alpha value is -1.09. The van der Waals surface area contributed by atoms with Crippen molar-refractivity contribution in [1.82, 2.24) is 4.90 Å². The minimum Gasteiger partial charge on any atom is -0.395 e. The molecular formula is C12H19NO2. The maximum Gasteiger partial charge on any atom is 0.223 e. The van der Waals surface area contributed by atoms with E-state index in [0.717, 1.165) is 12.8 Å². The molecule has 0 saturated heterocycles. The van der Waals surface area contributed by atoms with Crippen molar-refractivity contribution >= 4 is 5.91 Å². The average molecular weight is 209 g/mol. The molecule has 1 N–H and O–H groups in total. The van der Waals surface area contributed by atoms with E-state index >= 15 is 0 Å². The van der Waals surface area contributed by atoms with Gasteiger partial charge in [0.05, 0.1) is 6.61 Å². The van der Waals surface area contributed by atoms with Gasteiger partial charge in [-0.3, -0.25) is 4.79 Å². The molecule has 1 atom stereocenters. The second kappa shape index (κ2) is 6.40. The summed E-state index contributed by atoms with van der Waals surface area (Å²) in [6.45, 7) is 4.55. The topological polar surface area (TPSA) is 40.5 Å². The highest BCUT2D eigenvalue weighted by molar-refractivity contribution is 5.76. The Labute approximate surface area is 91.1 Å². The van der Waals surface area contributed by atoms with Crippen LogP contribution in [0.25, 0.3) is 0 Å². The molecule has 0 fully saturated rings. The highest BCUT2D eigenvalue weighted by Crippen LogP contribution is 2.21. The summed E-state index contributed by atoms with van der Waals surface area (Å²) in [6, 6.07) is 0. The lowest BCUT2D eigenvalue weighted by molar-refractivity contribution is -0.131. The molecule has 0 spiro atoms. The maximum atomic E-state index is 11.8. The number of hydrogen-bond donors (Lipinski definition) is 1. The molecule has 1 aliphatic carbocycles. The van der Waals surface area contributed by atoms with Gasteiger partial charge in [-0.25, -0.2) is 0 Å². The monoisotopic (exact) mass is 209 g/mol. The van der Waals surface area contributed by atoms with Crippen LogP contribution >= 0.6 is 0 Å². The molecule has 0 bridgehead atoms. The van der Waals surface area contributed by atoms with Gasteiger partial charge < -0.3 is 10.0 Å². The fourth-order valence-corrected chi connectivity index (χ4v) is 1.81. The third-order valence-electron chi connectivity index (χ3n) is 2.62. The summed E-state index contributed by atoms with van der Waals surface area (Å²) in [5, 5.41) is 8.83. The first kappa shape index (κ1) is 12.0. The fraction of sp³-hybridized carbons (Fsp3) is 0.583. The summed E-state index contributed by atoms with van der Waals surface area (Å²) >= 11 is 0. The number of rotatable bonds is 6. The molecule has 1 rings (SSSR count). The number of amides is 1. The van der Waals surface area contributed by atoms with Gasteiger partial charge in [0.25, 0.3) is 0 Å². The number of aliphatic hydroxyl groups excluding tert-OH is 1. The van der Waals surface area contributed by atoms with Crippen LogP contribution in [0.2, 0.25) is 0 Å². The molecule has 1 amide bonds. The van der Waals surface area contributed by atoms with Gasteiger partial charge in [-0.1, -0.05) is 18.2 Å². The molecular weight excluding hydrogens is 190 g/mol. The van der Waals surface area contributed by atoms with Crippen LogP contribution < -0.4 is 0 Å². The summed E-state index contributed by atoms with van der Waals surface area (Å²) in [7, 11) is 0. The van der Waals surface area contributed by atoms with Crippen LogP contribution in [0.1, 0.15) is 19.3 Å². The van der Waals surface area contributed by atoms with Gasteiger partial charge in [0.15, 0.2) is 0 Å². The molecule has 3 nitrogen and oxygen atoms in total. The summed E-state index contributed by atoms with van der Waals surface area (Å²) in [5.41, 5.74) is 0. The van der Waals surface area contributed by atoms with Crippen LogP contribution in [0.3, 0.4) is 0 Å². The molecule has 84 valence electrons. The van der Waals surface area contributed by atoms with Gasteiger partial charge in [-0.2, -0.15) is 0 Å². The van der Waals surface area contributed by atoms with Crippen molar-refractivity contribution in [3.8, 4) is 0 Å². The third-order valence-corrected chi connectivity index (χ3v) is 2.62. The standard InChI is InChI=1S/C12H19NO2/c1-2-7-13(8-9-14)12(15)10-11-5-3-4-6-11/h2-3,5,11,14H,1,4,6-10H2. The minimum absolute atomic E-state index is 0.0140. The average Bonchev–Trinajstić information content (AvgIpc) is 2.70. The predicted molar refractivity (Wildman–Crippen MR) is 60.3 cm³/mol. The predicted octanol–water partition coefficient (Wildman–Crippen LogP) is 1.35. The number of carbonyl (C=O) groups is 1.